The Morgan fingerprint density at radius 2 is 1.62 bits per heavy atom. The number of hydrogen-bond acceptors (Lipinski definition) is 5. The Balaban J connectivity index is 2.72. The van der Waals surface area contributed by atoms with Crippen LogP contribution in [0.4, 0.5) is 0 Å². The summed E-state index contributed by atoms with van der Waals surface area (Å²) < 4.78 is 0. The van der Waals surface area contributed by atoms with Gasteiger partial charge >= 0.3 is 5.97 Å². The van der Waals surface area contributed by atoms with Gasteiger partial charge in [-0.1, -0.05) is 50.6 Å². The molecular formula is C20H30N4O5. The third kappa shape index (κ3) is 8.30. The van der Waals surface area contributed by atoms with Crippen molar-refractivity contribution in [3.8, 4) is 0 Å². The van der Waals surface area contributed by atoms with E-state index in [1.54, 1.807) is 0 Å². The number of nitrogens with two attached hydrogens (primary N) is 1. The first-order chi connectivity index (χ1) is 13.6. The Labute approximate surface area is 170 Å². The molecule has 9 nitrogen and oxygen atoms in total. The summed E-state index contributed by atoms with van der Waals surface area (Å²) in [6.07, 6.45) is 0.946. The molecule has 29 heavy (non-hydrogen) atoms. The number of carboxylic acids is 1. The quantitative estimate of drug-likeness (QED) is 0.343. The lowest BCUT2D eigenvalue weighted by Gasteiger charge is -2.26. The molecule has 0 aliphatic rings. The molecular weight excluding hydrogens is 376 g/mol. The Morgan fingerprint density at radius 1 is 1.00 bits per heavy atom. The summed E-state index contributed by atoms with van der Waals surface area (Å²) >= 11 is 0. The third-order valence-corrected chi connectivity index (χ3v) is 4.59. The lowest BCUT2D eigenvalue weighted by Crippen LogP contribution is -2.57. The second-order valence-corrected chi connectivity index (χ2v) is 7.01. The number of amides is 3. The first-order valence-corrected chi connectivity index (χ1v) is 9.55. The average molecular weight is 406 g/mol. The monoisotopic (exact) mass is 406 g/mol. The van der Waals surface area contributed by atoms with E-state index in [0.29, 0.717) is 12.8 Å². The average Bonchev–Trinajstić information content (AvgIpc) is 2.69. The van der Waals surface area contributed by atoms with E-state index in [1.807, 2.05) is 44.2 Å². The van der Waals surface area contributed by atoms with Crippen LogP contribution in [0.25, 0.3) is 0 Å². The molecule has 0 aliphatic carbocycles. The number of carbonyl (C=O) groups is 4. The van der Waals surface area contributed by atoms with Crippen LogP contribution in [0.5, 0.6) is 0 Å². The van der Waals surface area contributed by atoms with E-state index in [4.69, 9.17) is 10.8 Å². The molecule has 0 saturated heterocycles. The highest BCUT2D eigenvalue weighted by molar-refractivity contribution is 5.93. The molecule has 3 amide bonds. The van der Waals surface area contributed by atoms with Gasteiger partial charge < -0.3 is 26.8 Å². The van der Waals surface area contributed by atoms with Crippen molar-refractivity contribution in [3.05, 3.63) is 35.9 Å². The number of carbonyl (C=O) groups excluding carboxylic acids is 3. The van der Waals surface area contributed by atoms with Gasteiger partial charge in [0.15, 0.2) is 0 Å². The number of aliphatic carboxylic acids is 1. The van der Waals surface area contributed by atoms with Gasteiger partial charge in [0.2, 0.25) is 17.7 Å². The van der Waals surface area contributed by atoms with Crippen LogP contribution in [0.15, 0.2) is 30.3 Å². The van der Waals surface area contributed by atoms with Crippen molar-refractivity contribution >= 4 is 23.7 Å². The fourth-order valence-electron chi connectivity index (χ4n) is 2.61. The van der Waals surface area contributed by atoms with E-state index >= 15 is 0 Å². The molecule has 0 heterocycles. The van der Waals surface area contributed by atoms with E-state index in [0.717, 1.165) is 5.56 Å². The van der Waals surface area contributed by atoms with Gasteiger partial charge in [-0.15, -0.1) is 0 Å². The first-order valence-electron chi connectivity index (χ1n) is 9.55. The highest BCUT2D eigenvalue weighted by atomic mass is 16.4. The third-order valence-electron chi connectivity index (χ3n) is 4.59. The molecule has 0 spiro atoms. The molecule has 0 aromatic heterocycles. The summed E-state index contributed by atoms with van der Waals surface area (Å²) in [5.74, 6) is -3.00. The maximum atomic E-state index is 12.7. The second-order valence-electron chi connectivity index (χ2n) is 7.01. The van der Waals surface area contributed by atoms with Gasteiger partial charge in [-0.2, -0.15) is 0 Å². The summed E-state index contributed by atoms with van der Waals surface area (Å²) in [5, 5.41) is 16.0. The molecule has 0 bridgehead atoms. The fourth-order valence-corrected chi connectivity index (χ4v) is 2.61. The maximum absolute atomic E-state index is 12.7. The van der Waals surface area contributed by atoms with E-state index < -0.39 is 48.4 Å². The first kappa shape index (κ1) is 24.1. The molecule has 4 atom stereocenters. The molecule has 1 aromatic rings. The van der Waals surface area contributed by atoms with E-state index in [9.17, 15) is 19.2 Å². The SMILES string of the molecule is CCC(C)C(NC(=O)C(N)Cc1ccccc1)C(=O)NC(C)C(=O)NCC(=O)O. The van der Waals surface area contributed by atoms with Gasteiger partial charge in [-0.3, -0.25) is 19.2 Å². The number of rotatable bonds is 11. The summed E-state index contributed by atoms with van der Waals surface area (Å²) in [6.45, 7) is 4.58. The van der Waals surface area contributed by atoms with Crippen molar-refractivity contribution in [2.45, 2.75) is 51.7 Å². The zero-order chi connectivity index (χ0) is 22.0. The second kappa shape index (κ2) is 11.8. The van der Waals surface area contributed by atoms with Crippen molar-refractivity contribution in [2.24, 2.45) is 11.7 Å². The van der Waals surface area contributed by atoms with Crippen molar-refractivity contribution in [1.29, 1.82) is 0 Å². The minimum Gasteiger partial charge on any atom is -0.480 e. The molecule has 9 heteroatoms. The lowest BCUT2D eigenvalue weighted by molar-refractivity contribution is -0.138. The molecule has 1 aromatic carbocycles. The lowest BCUT2D eigenvalue weighted by atomic mass is 9.97. The van der Waals surface area contributed by atoms with Gasteiger partial charge in [0, 0.05) is 0 Å². The minimum absolute atomic E-state index is 0.197. The number of carboxylic acid groups (broad SMARTS) is 1. The summed E-state index contributed by atoms with van der Waals surface area (Å²) in [7, 11) is 0. The zero-order valence-electron chi connectivity index (χ0n) is 17.0. The summed E-state index contributed by atoms with van der Waals surface area (Å²) in [4.78, 5) is 47.6. The van der Waals surface area contributed by atoms with Crippen molar-refractivity contribution in [2.75, 3.05) is 6.54 Å². The molecule has 0 saturated carbocycles. The Hall–Kier alpha value is -2.94. The fraction of sp³-hybridized carbons (Fsp3) is 0.500. The smallest absolute Gasteiger partial charge is 0.322 e. The van der Waals surface area contributed by atoms with Crippen LogP contribution in [0, 0.1) is 5.92 Å². The number of hydrogen-bond donors (Lipinski definition) is 5. The minimum atomic E-state index is -1.19. The predicted octanol–water partition coefficient (Wildman–Crippen LogP) is -0.207. The molecule has 160 valence electrons. The Bertz CT molecular complexity index is 710. The Kier molecular flexibility index (Phi) is 9.81. The highest BCUT2D eigenvalue weighted by Gasteiger charge is 2.29. The van der Waals surface area contributed by atoms with E-state index in [1.165, 1.54) is 6.92 Å². The van der Waals surface area contributed by atoms with Crippen LogP contribution in [-0.2, 0) is 25.6 Å². The van der Waals surface area contributed by atoms with Crippen LogP contribution in [-0.4, -0.2) is 53.5 Å². The van der Waals surface area contributed by atoms with Crippen LogP contribution in [0.1, 0.15) is 32.8 Å². The van der Waals surface area contributed by atoms with Gasteiger partial charge in [-0.05, 0) is 24.8 Å². The standard InChI is InChI=1S/C20H30N4O5/c1-4-12(2)17(20(29)23-13(3)18(27)22-11-16(25)26)24-19(28)15(21)10-14-8-6-5-7-9-14/h5-9,12-13,15,17H,4,10-11,21H2,1-3H3,(H,22,27)(H,23,29)(H,24,28)(H,25,26). The predicted molar refractivity (Wildman–Crippen MR) is 108 cm³/mol. The van der Waals surface area contributed by atoms with Crippen molar-refractivity contribution in [1.82, 2.24) is 16.0 Å². The molecule has 1 rings (SSSR count). The van der Waals surface area contributed by atoms with Gasteiger partial charge in [0.05, 0.1) is 6.04 Å². The van der Waals surface area contributed by atoms with Crippen LogP contribution >= 0.6 is 0 Å². The van der Waals surface area contributed by atoms with Gasteiger partial charge in [0.1, 0.15) is 18.6 Å². The van der Waals surface area contributed by atoms with Crippen LogP contribution in [0.2, 0.25) is 0 Å². The maximum Gasteiger partial charge on any atom is 0.322 e. The van der Waals surface area contributed by atoms with Crippen LogP contribution in [0.3, 0.4) is 0 Å². The molecule has 4 unspecified atom stereocenters. The van der Waals surface area contributed by atoms with Gasteiger partial charge in [-0.25, -0.2) is 0 Å². The normalized spacial score (nSPS) is 14.8. The summed E-state index contributed by atoms with van der Waals surface area (Å²) in [5.41, 5.74) is 6.90. The number of benzene rings is 1. The van der Waals surface area contributed by atoms with E-state index in [2.05, 4.69) is 16.0 Å². The number of nitrogens with one attached hydrogen (secondary N) is 3. The summed E-state index contributed by atoms with van der Waals surface area (Å²) in [6, 6.07) is 6.65. The molecule has 0 aliphatic heterocycles. The van der Waals surface area contributed by atoms with Crippen LogP contribution < -0.4 is 21.7 Å². The largest absolute Gasteiger partial charge is 0.480 e. The molecule has 0 fully saturated rings. The topological polar surface area (TPSA) is 151 Å². The van der Waals surface area contributed by atoms with Gasteiger partial charge in [0.25, 0.3) is 0 Å². The zero-order valence-corrected chi connectivity index (χ0v) is 17.0. The highest BCUT2D eigenvalue weighted by Crippen LogP contribution is 2.10. The van der Waals surface area contributed by atoms with Crippen molar-refractivity contribution in [3.63, 3.8) is 0 Å². The Morgan fingerprint density at radius 3 is 2.17 bits per heavy atom. The van der Waals surface area contributed by atoms with E-state index in [-0.39, 0.29) is 5.92 Å². The molecule has 0 radical (unpaired) electrons. The molecule has 6 N–H and O–H groups in total. The van der Waals surface area contributed by atoms with Crippen molar-refractivity contribution < 1.29 is 24.3 Å².